The Morgan fingerprint density at radius 3 is 2.58 bits per heavy atom. The zero-order chi connectivity index (χ0) is 19.6. The highest BCUT2D eigenvalue weighted by Crippen LogP contribution is 2.26. The van der Waals surface area contributed by atoms with Crippen LogP contribution in [0.4, 0.5) is 4.79 Å². The SMILES string of the molecule is Cc1sc2nc(CS[C@H](C)C(=O)NC(=O)NC(C)(C)C)[nH]c(=O)c2c1C. The van der Waals surface area contributed by atoms with Crippen molar-refractivity contribution in [1.29, 1.82) is 0 Å². The molecular formula is C17H24N4O3S2. The van der Waals surface area contributed by atoms with Gasteiger partial charge in [0.1, 0.15) is 10.7 Å². The molecule has 142 valence electrons. The fourth-order valence-electron chi connectivity index (χ4n) is 2.23. The molecule has 0 saturated heterocycles. The molecule has 0 aliphatic heterocycles. The monoisotopic (exact) mass is 396 g/mol. The number of imide groups is 1. The molecule has 3 amide bonds. The van der Waals surface area contributed by atoms with Crippen LogP contribution < -0.4 is 16.2 Å². The molecular weight excluding hydrogens is 372 g/mol. The number of fused-ring (bicyclic) bond motifs is 1. The average Bonchev–Trinajstić information content (AvgIpc) is 2.77. The van der Waals surface area contributed by atoms with Crippen LogP contribution in [0.25, 0.3) is 10.2 Å². The number of hydrogen-bond acceptors (Lipinski definition) is 6. The molecule has 0 bridgehead atoms. The van der Waals surface area contributed by atoms with Gasteiger partial charge in [-0.1, -0.05) is 0 Å². The number of aromatic nitrogens is 2. The number of carbonyl (C=O) groups is 2. The van der Waals surface area contributed by atoms with Gasteiger partial charge in [-0.15, -0.1) is 23.1 Å². The van der Waals surface area contributed by atoms with Crippen molar-refractivity contribution in [2.75, 3.05) is 0 Å². The van der Waals surface area contributed by atoms with Gasteiger partial charge >= 0.3 is 6.03 Å². The summed E-state index contributed by atoms with van der Waals surface area (Å²) in [5.41, 5.74) is 0.376. The highest BCUT2D eigenvalue weighted by atomic mass is 32.2. The molecule has 0 unspecified atom stereocenters. The molecule has 2 aromatic rings. The van der Waals surface area contributed by atoms with Crippen molar-refractivity contribution in [2.24, 2.45) is 0 Å². The third-order valence-electron chi connectivity index (χ3n) is 3.65. The summed E-state index contributed by atoms with van der Waals surface area (Å²) in [5, 5.41) is 5.17. The first-order valence-corrected chi connectivity index (χ1v) is 10.1. The van der Waals surface area contributed by atoms with Gasteiger partial charge in [0, 0.05) is 10.4 Å². The molecule has 2 aromatic heterocycles. The van der Waals surface area contributed by atoms with E-state index in [1.54, 1.807) is 6.92 Å². The largest absolute Gasteiger partial charge is 0.333 e. The highest BCUT2D eigenvalue weighted by Gasteiger charge is 2.20. The lowest BCUT2D eigenvalue weighted by Crippen LogP contribution is -2.49. The van der Waals surface area contributed by atoms with Crippen molar-refractivity contribution in [1.82, 2.24) is 20.6 Å². The van der Waals surface area contributed by atoms with Crippen LogP contribution in [0, 0.1) is 13.8 Å². The summed E-state index contributed by atoms with van der Waals surface area (Å²) in [7, 11) is 0. The number of rotatable bonds is 4. The minimum absolute atomic E-state index is 0.158. The quantitative estimate of drug-likeness (QED) is 0.737. The number of thioether (sulfide) groups is 1. The predicted molar refractivity (Wildman–Crippen MR) is 107 cm³/mol. The molecule has 0 spiro atoms. The average molecular weight is 397 g/mol. The first kappa shape index (κ1) is 20.4. The summed E-state index contributed by atoms with van der Waals surface area (Å²) in [6.07, 6.45) is 0. The molecule has 3 N–H and O–H groups in total. The molecule has 9 heteroatoms. The Bertz CT molecular complexity index is 896. The Hall–Kier alpha value is -1.87. The maximum absolute atomic E-state index is 12.3. The number of aryl methyl sites for hydroxylation is 2. The van der Waals surface area contributed by atoms with Crippen molar-refractivity contribution >= 4 is 45.3 Å². The standard InChI is InChI=1S/C17H24N4O3S2/c1-8-9(2)26-15-12(8)14(23)18-11(19-15)7-25-10(3)13(22)20-16(24)21-17(4,5)6/h10H,7H2,1-6H3,(H,18,19,23)(H2,20,21,22,24)/t10-/m1/s1. The number of nitrogens with zero attached hydrogens (tertiary/aromatic N) is 1. The van der Waals surface area contributed by atoms with E-state index in [9.17, 15) is 14.4 Å². The number of aromatic amines is 1. The number of carbonyl (C=O) groups excluding carboxylic acids is 2. The molecule has 2 heterocycles. The summed E-state index contributed by atoms with van der Waals surface area (Å²) in [6, 6.07) is -0.521. The predicted octanol–water partition coefficient (Wildman–Crippen LogP) is 2.85. The first-order chi connectivity index (χ1) is 12.0. The zero-order valence-corrected chi connectivity index (χ0v) is 17.4. The van der Waals surface area contributed by atoms with Gasteiger partial charge in [-0.3, -0.25) is 14.9 Å². The molecule has 0 aliphatic carbocycles. The van der Waals surface area contributed by atoms with Gasteiger partial charge in [0.15, 0.2) is 0 Å². The zero-order valence-electron chi connectivity index (χ0n) is 15.8. The highest BCUT2D eigenvalue weighted by molar-refractivity contribution is 7.99. The molecule has 0 radical (unpaired) electrons. The Kier molecular flexibility index (Phi) is 6.13. The normalized spacial score (nSPS) is 12.8. The third-order valence-corrected chi connectivity index (χ3v) is 5.91. The second-order valence-corrected chi connectivity index (χ2v) is 9.65. The maximum atomic E-state index is 12.3. The molecule has 7 nitrogen and oxygen atoms in total. The fourth-order valence-corrected chi connectivity index (χ4v) is 4.04. The van der Waals surface area contributed by atoms with Crippen molar-refractivity contribution in [2.45, 2.75) is 58.1 Å². The van der Waals surface area contributed by atoms with E-state index in [4.69, 9.17) is 0 Å². The molecule has 0 aromatic carbocycles. The Morgan fingerprint density at radius 1 is 1.31 bits per heavy atom. The van der Waals surface area contributed by atoms with E-state index in [0.29, 0.717) is 21.8 Å². The molecule has 0 saturated carbocycles. The minimum atomic E-state index is -0.521. The van der Waals surface area contributed by atoms with Crippen LogP contribution in [0.3, 0.4) is 0 Å². The van der Waals surface area contributed by atoms with Gasteiger partial charge in [0.2, 0.25) is 5.91 Å². The summed E-state index contributed by atoms with van der Waals surface area (Å²) in [4.78, 5) is 45.2. The van der Waals surface area contributed by atoms with E-state index >= 15 is 0 Å². The van der Waals surface area contributed by atoms with E-state index in [0.717, 1.165) is 10.4 Å². The van der Waals surface area contributed by atoms with Crippen LogP contribution in [0.1, 0.15) is 44.0 Å². The summed E-state index contributed by atoms with van der Waals surface area (Å²) in [5.74, 6) is 0.506. The molecule has 1 atom stereocenters. The second-order valence-electron chi connectivity index (χ2n) is 7.12. The number of H-pyrrole nitrogens is 1. The van der Waals surface area contributed by atoms with Crippen LogP contribution in [0.15, 0.2) is 4.79 Å². The van der Waals surface area contributed by atoms with Crippen molar-refractivity contribution < 1.29 is 9.59 Å². The Balaban J connectivity index is 2.00. The smallest absolute Gasteiger partial charge is 0.321 e. The van der Waals surface area contributed by atoms with E-state index < -0.39 is 16.8 Å². The molecule has 0 fully saturated rings. The lowest BCUT2D eigenvalue weighted by atomic mass is 10.1. The van der Waals surface area contributed by atoms with E-state index in [2.05, 4.69) is 20.6 Å². The van der Waals surface area contributed by atoms with Gasteiger partial charge in [-0.05, 0) is 47.1 Å². The van der Waals surface area contributed by atoms with Gasteiger partial charge < -0.3 is 10.3 Å². The Morgan fingerprint density at radius 2 is 1.96 bits per heavy atom. The van der Waals surface area contributed by atoms with Crippen LogP contribution in [0.5, 0.6) is 0 Å². The van der Waals surface area contributed by atoms with Gasteiger partial charge in [0.05, 0.1) is 16.4 Å². The first-order valence-electron chi connectivity index (χ1n) is 8.21. The van der Waals surface area contributed by atoms with Gasteiger partial charge in [-0.2, -0.15) is 0 Å². The number of urea groups is 1. The van der Waals surface area contributed by atoms with Crippen molar-refractivity contribution in [3.8, 4) is 0 Å². The van der Waals surface area contributed by atoms with Crippen LogP contribution >= 0.6 is 23.1 Å². The maximum Gasteiger partial charge on any atom is 0.321 e. The second kappa shape index (κ2) is 7.79. The number of amides is 3. The summed E-state index contributed by atoms with van der Waals surface area (Å²) < 4.78 is 0. The number of thiophene rings is 1. The molecule has 26 heavy (non-hydrogen) atoms. The topological polar surface area (TPSA) is 104 Å². The lowest BCUT2D eigenvalue weighted by molar-refractivity contribution is -0.119. The minimum Gasteiger partial charge on any atom is -0.333 e. The number of hydrogen-bond donors (Lipinski definition) is 3. The van der Waals surface area contributed by atoms with Crippen LogP contribution in [-0.4, -0.2) is 32.7 Å². The third kappa shape index (κ3) is 5.07. The lowest BCUT2D eigenvalue weighted by Gasteiger charge is -2.21. The molecule has 2 rings (SSSR count). The van der Waals surface area contributed by atoms with E-state index in [1.165, 1.54) is 23.1 Å². The van der Waals surface area contributed by atoms with Crippen molar-refractivity contribution in [3.05, 3.63) is 26.6 Å². The van der Waals surface area contributed by atoms with Crippen molar-refractivity contribution in [3.63, 3.8) is 0 Å². The number of nitrogens with one attached hydrogen (secondary N) is 3. The van der Waals surface area contributed by atoms with Gasteiger partial charge in [-0.25, -0.2) is 9.78 Å². The summed E-state index contributed by atoms with van der Waals surface area (Å²) >= 11 is 2.79. The summed E-state index contributed by atoms with van der Waals surface area (Å²) in [6.45, 7) is 11.1. The molecule has 0 aliphatic rings. The van der Waals surface area contributed by atoms with Crippen LogP contribution in [-0.2, 0) is 10.5 Å². The fraction of sp³-hybridized carbons (Fsp3) is 0.529. The Labute approximate surface area is 160 Å². The van der Waals surface area contributed by atoms with E-state index in [1.807, 2.05) is 34.6 Å². The van der Waals surface area contributed by atoms with Crippen LogP contribution in [0.2, 0.25) is 0 Å². The van der Waals surface area contributed by atoms with Gasteiger partial charge in [0.25, 0.3) is 5.56 Å². The van der Waals surface area contributed by atoms with E-state index in [-0.39, 0.29) is 11.5 Å².